The fourth-order valence-corrected chi connectivity index (χ4v) is 4.23. The third-order valence-electron chi connectivity index (χ3n) is 4.86. The molecule has 5 aromatic rings. The second-order valence-corrected chi connectivity index (χ2v) is 7.74. The summed E-state index contributed by atoms with van der Waals surface area (Å²) in [7, 11) is 0. The van der Waals surface area contributed by atoms with Crippen molar-refractivity contribution in [2.24, 2.45) is 0 Å². The Balaban J connectivity index is 1.42. The molecule has 0 aliphatic carbocycles. The normalized spacial score (nSPS) is 11.2. The van der Waals surface area contributed by atoms with E-state index >= 15 is 0 Å². The Morgan fingerprint density at radius 1 is 1.00 bits per heavy atom. The van der Waals surface area contributed by atoms with Crippen LogP contribution < -0.4 is 0 Å². The molecule has 6 nitrogen and oxygen atoms in total. The van der Waals surface area contributed by atoms with Crippen molar-refractivity contribution in [3.63, 3.8) is 0 Å². The summed E-state index contributed by atoms with van der Waals surface area (Å²) < 4.78 is 7.52. The topological polar surface area (TPSA) is 76.7 Å². The van der Waals surface area contributed by atoms with Crippen molar-refractivity contribution in [3.05, 3.63) is 90.5 Å². The molecule has 0 spiro atoms. The molecule has 0 amide bonds. The van der Waals surface area contributed by atoms with Crippen LogP contribution in [0.2, 0.25) is 0 Å². The fraction of sp³-hybridized carbons (Fsp3) is 0.0870. The van der Waals surface area contributed by atoms with Gasteiger partial charge < -0.3 is 9.40 Å². The number of aromatic amines is 1. The molecule has 0 aliphatic rings. The first-order valence-electron chi connectivity index (χ1n) is 9.53. The zero-order valence-corrected chi connectivity index (χ0v) is 16.8. The lowest BCUT2D eigenvalue weighted by Gasteiger charge is -2.08. The van der Waals surface area contributed by atoms with Crippen LogP contribution in [0.4, 0.5) is 0 Å². The average molecular weight is 414 g/mol. The zero-order valence-electron chi connectivity index (χ0n) is 16.0. The summed E-state index contributed by atoms with van der Waals surface area (Å²) in [4.78, 5) is 16.0. The lowest BCUT2D eigenvalue weighted by atomic mass is 10.1. The van der Waals surface area contributed by atoms with Gasteiger partial charge >= 0.3 is 0 Å². The molecule has 7 heteroatoms. The number of nitrogens with one attached hydrogen (secondary N) is 1. The Morgan fingerprint density at radius 2 is 1.83 bits per heavy atom. The Labute approximate surface area is 176 Å². The third kappa shape index (κ3) is 3.55. The van der Waals surface area contributed by atoms with Gasteiger partial charge in [0, 0.05) is 28.2 Å². The van der Waals surface area contributed by atoms with Crippen LogP contribution in [0, 0.1) is 0 Å². The molecule has 0 fully saturated rings. The molecule has 0 atom stereocenters. The molecule has 0 bridgehead atoms. The lowest BCUT2D eigenvalue weighted by molar-refractivity contribution is 0.102. The second-order valence-electron chi connectivity index (χ2n) is 6.80. The summed E-state index contributed by atoms with van der Waals surface area (Å²) in [6.45, 7) is 0.494. The number of carbonyl (C=O) groups is 1. The van der Waals surface area contributed by atoms with Crippen molar-refractivity contribution in [2.75, 3.05) is 5.75 Å². The van der Waals surface area contributed by atoms with Gasteiger partial charge in [-0.2, -0.15) is 0 Å². The van der Waals surface area contributed by atoms with Gasteiger partial charge in [-0.3, -0.25) is 9.36 Å². The molecule has 0 radical (unpaired) electrons. The van der Waals surface area contributed by atoms with Gasteiger partial charge in [-0.1, -0.05) is 60.3 Å². The summed E-state index contributed by atoms with van der Waals surface area (Å²) in [5, 5.41) is 10.4. The molecule has 30 heavy (non-hydrogen) atoms. The largest absolute Gasteiger partial charge is 0.467 e. The first kappa shape index (κ1) is 18.4. The van der Waals surface area contributed by atoms with Gasteiger partial charge in [0.1, 0.15) is 5.76 Å². The number of hydrogen-bond donors (Lipinski definition) is 1. The predicted octanol–water partition coefficient (Wildman–Crippen LogP) is 5.04. The summed E-state index contributed by atoms with van der Waals surface area (Å²) in [5.41, 5.74) is 2.61. The minimum atomic E-state index is 0.0475. The first-order valence-corrected chi connectivity index (χ1v) is 10.5. The highest BCUT2D eigenvalue weighted by molar-refractivity contribution is 7.99. The number of aromatic nitrogens is 4. The number of ketones is 1. The molecule has 3 heterocycles. The second kappa shape index (κ2) is 8.04. The number of furan rings is 1. The van der Waals surface area contributed by atoms with Gasteiger partial charge in [-0.15, -0.1) is 10.2 Å². The highest BCUT2D eigenvalue weighted by Gasteiger charge is 2.18. The molecule has 3 aromatic heterocycles. The van der Waals surface area contributed by atoms with Crippen molar-refractivity contribution in [3.8, 4) is 11.4 Å². The van der Waals surface area contributed by atoms with Crippen molar-refractivity contribution in [2.45, 2.75) is 11.7 Å². The highest BCUT2D eigenvalue weighted by Crippen LogP contribution is 2.27. The summed E-state index contributed by atoms with van der Waals surface area (Å²) in [6, 6.07) is 21.5. The van der Waals surface area contributed by atoms with Gasteiger partial charge in [0.2, 0.25) is 0 Å². The van der Waals surface area contributed by atoms with E-state index in [2.05, 4.69) is 15.2 Å². The lowest BCUT2D eigenvalue weighted by Crippen LogP contribution is -2.06. The Hall–Kier alpha value is -3.58. The van der Waals surface area contributed by atoms with Gasteiger partial charge in [0.15, 0.2) is 16.8 Å². The molecule has 0 aliphatic heterocycles. The quantitative estimate of drug-likeness (QED) is 0.298. The van der Waals surface area contributed by atoms with E-state index in [0.717, 1.165) is 28.1 Å². The number of rotatable bonds is 7. The molecule has 2 aromatic carbocycles. The van der Waals surface area contributed by atoms with Crippen LogP contribution in [0.15, 0.2) is 88.8 Å². The Morgan fingerprint density at radius 3 is 2.67 bits per heavy atom. The maximum atomic E-state index is 12.9. The standard InChI is InChI=1S/C23H18N4O2S/c28-21(19-13-24-20-11-5-4-10-18(19)20)15-30-23-26-25-22(16-7-2-1-3-8-16)27(23)14-17-9-6-12-29-17/h1-13,24H,14-15H2. The van der Waals surface area contributed by atoms with E-state index in [9.17, 15) is 4.79 Å². The first-order chi connectivity index (χ1) is 14.8. The van der Waals surface area contributed by atoms with Crippen LogP contribution in [-0.2, 0) is 6.54 Å². The Bertz CT molecular complexity index is 1290. The number of nitrogens with zero attached hydrogens (tertiary/aromatic N) is 3. The van der Waals surface area contributed by atoms with Crippen molar-refractivity contribution in [1.82, 2.24) is 19.7 Å². The van der Waals surface area contributed by atoms with Gasteiger partial charge in [-0.05, 0) is 18.2 Å². The predicted molar refractivity (Wildman–Crippen MR) is 117 cm³/mol. The van der Waals surface area contributed by atoms with E-state index < -0.39 is 0 Å². The van der Waals surface area contributed by atoms with Crippen molar-refractivity contribution < 1.29 is 9.21 Å². The number of carbonyl (C=O) groups excluding carboxylic acids is 1. The zero-order chi connectivity index (χ0) is 20.3. The van der Waals surface area contributed by atoms with Crippen molar-refractivity contribution in [1.29, 1.82) is 0 Å². The molecule has 0 saturated carbocycles. The number of hydrogen-bond acceptors (Lipinski definition) is 5. The van der Waals surface area contributed by atoms with E-state index in [-0.39, 0.29) is 11.5 Å². The van der Waals surface area contributed by atoms with Crippen molar-refractivity contribution >= 4 is 28.4 Å². The van der Waals surface area contributed by atoms with E-state index in [0.29, 0.717) is 17.3 Å². The number of para-hydroxylation sites is 1. The number of fused-ring (bicyclic) bond motifs is 1. The van der Waals surface area contributed by atoms with Gasteiger partial charge in [0.25, 0.3) is 0 Å². The summed E-state index contributed by atoms with van der Waals surface area (Å²) in [5.74, 6) is 1.87. The third-order valence-corrected chi connectivity index (χ3v) is 5.83. The minimum Gasteiger partial charge on any atom is -0.467 e. The molecule has 0 saturated heterocycles. The maximum absolute atomic E-state index is 12.9. The summed E-state index contributed by atoms with van der Waals surface area (Å²) >= 11 is 1.38. The molecular weight excluding hydrogens is 396 g/mol. The molecule has 0 unspecified atom stereocenters. The summed E-state index contributed by atoms with van der Waals surface area (Å²) in [6.07, 6.45) is 3.42. The van der Waals surface area contributed by atoms with E-state index in [1.807, 2.05) is 71.3 Å². The molecular formula is C23H18N4O2S. The SMILES string of the molecule is O=C(CSc1nnc(-c2ccccc2)n1Cc1ccco1)c1c[nH]c2ccccc12. The Kier molecular flexibility index (Phi) is 4.94. The molecule has 1 N–H and O–H groups in total. The number of Topliss-reactive ketones (excluding diaryl/α,β-unsaturated/α-hetero) is 1. The fourth-order valence-electron chi connectivity index (χ4n) is 3.41. The highest BCUT2D eigenvalue weighted by atomic mass is 32.2. The van der Waals surface area contributed by atoms with E-state index in [1.54, 1.807) is 12.5 Å². The number of H-pyrrole nitrogens is 1. The van der Waals surface area contributed by atoms with E-state index in [1.165, 1.54) is 11.8 Å². The maximum Gasteiger partial charge on any atom is 0.192 e. The minimum absolute atomic E-state index is 0.0475. The van der Waals surface area contributed by atoms with Crippen LogP contribution in [0.5, 0.6) is 0 Å². The van der Waals surface area contributed by atoms with Crippen LogP contribution in [-0.4, -0.2) is 31.3 Å². The van der Waals surface area contributed by atoms with Gasteiger partial charge in [-0.25, -0.2) is 0 Å². The monoisotopic (exact) mass is 414 g/mol. The molecule has 5 rings (SSSR count). The van der Waals surface area contributed by atoms with E-state index in [4.69, 9.17) is 4.42 Å². The smallest absolute Gasteiger partial charge is 0.192 e. The van der Waals surface area contributed by atoms with Crippen LogP contribution in [0.3, 0.4) is 0 Å². The molecule has 148 valence electrons. The van der Waals surface area contributed by atoms with Crippen LogP contribution in [0.1, 0.15) is 16.1 Å². The number of benzene rings is 2. The number of thioether (sulfide) groups is 1. The van der Waals surface area contributed by atoms with Crippen LogP contribution in [0.25, 0.3) is 22.3 Å². The van der Waals surface area contributed by atoms with Gasteiger partial charge in [0.05, 0.1) is 18.6 Å². The average Bonchev–Trinajstić information content (AvgIpc) is 3.53. The van der Waals surface area contributed by atoms with Crippen LogP contribution >= 0.6 is 11.8 Å².